The van der Waals surface area contributed by atoms with Gasteiger partial charge in [0.15, 0.2) is 6.61 Å². The van der Waals surface area contributed by atoms with Crippen molar-refractivity contribution >= 4 is 23.2 Å². The van der Waals surface area contributed by atoms with E-state index in [1.165, 1.54) is 11.4 Å². The summed E-state index contributed by atoms with van der Waals surface area (Å²) in [7, 11) is 0. The number of hydrogen-bond donors (Lipinski definition) is 2. The monoisotopic (exact) mass is 283 g/mol. The van der Waals surface area contributed by atoms with Crippen LogP contribution in [0.4, 0.5) is 13.2 Å². The van der Waals surface area contributed by atoms with Gasteiger partial charge in [-0.25, -0.2) is 4.79 Å². The third kappa shape index (κ3) is 5.04. The van der Waals surface area contributed by atoms with Crippen LogP contribution >= 0.6 is 11.3 Å². The first-order valence-corrected chi connectivity index (χ1v) is 5.44. The number of amides is 1. The summed E-state index contributed by atoms with van der Waals surface area (Å²) >= 11 is 0.891. The summed E-state index contributed by atoms with van der Waals surface area (Å²) in [5.74, 6) is -1.95. The van der Waals surface area contributed by atoms with Crippen LogP contribution in [0.1, 0.15) is 9.67 Å². The molecular formula is C9H8F3NO4S. The van der Waals surface area contributed by atoms with E-state index in [4.69, 9.17) is 9.84 Å². The minimum absolute atomic E-state index is 0.0145. The molecule has 1 aromatic heterocycles. The van der Waals surface area contributed by atoms with Crippen LogP contribution in [0.5, 0.6) is 5.75 Å². The average Bonchev–Trinajstić information content (AvgIpc) is 2.71. The molecule has 1 rings (SSSR count). The molecule has 0 saturated carbocycles. The van der Waals surface area contributed by atoms with Gasteiger partial charge in [0.05, 0.1) is 0 Å². The fourth-order valence-corrected chi connectivity index (χ4v) is 1.57. The van der Waals surface area contributed by atoms with Gasteiger partial charge in [0, 0.05) is 11.4 Å². The molecule has 0 bridgehead atoms. The van der Waals surface area contributed by atoms with E-state index in [1.807, 2.05) is 0 Å². The van der Waals surface area contributed by atoms with Crippen LogP contribution in [0, 0.1) is 0 Å². The molecule has 1 heterocycles. The zero-order chi connectivity index (χ0) is 13.8. The van der Waals surface area contributed by atoms with Crippen molar-refractivity contribution in [2.75, 3.05) is 13.2 Å². The Balaban J connectivity index is 2.36. The maximum atomic E-state index is 11.8. The lowest BCUT2D eigenvalue weighted by molar-refractivity contribution is -0.139. The first kappa shape index (κ1) is 14.3. The number of aromatic carboxylic acids is 1. The molecule has 0 radical (unpaired) electrons. The molecule has 0 unspecified atom stereocenters. The Morgan fingerprint density at radius 1 is 1.44 bits per heavy atom. The highest BCUT2D eigenvalue weighted by atomic mass is 32.1. The van der Waals surface area contributed by atoms with E-state index in [1.54, 1.807) is 5.32 Å². The maximum Gasteiger partial charge on any atom is 0.405 e. The molecule has 2 N–H and O–H groups in total. The summed E-state index contributed by atoms with van der Waals surface area (Å²) in [6.45, 7) is -2.04. The average molecular weight is 283 g/mol. The van der Waals surface area contributed by atoms with Crippen LogP contribution in [0.2, 0.25) is 0 Å². The SMILES string of the molecule is O=C(COc1csc(C(=O)O)c1)NCC(F)(F)F. The Hall–Kier alpha value is -1.77. The van der Waals surface area contributed by atoms with E-state index in [0.29, 0.717) is 0 Å². The van der Waals surface area contributed by atoms with Gasteiger partial charge in [-0.05, 0) is 0 Å². The van der Waals surface area contributed by atoms with Crippen LogP contribution in [0.15, 0.2) is 11.4 Å². The number of carboxylic acids is 1. The predicted molar refractivity (Wildman–Crippen MR) is 55.8 cm³/mol. The molecule has 1 aromatic rings. The van der Waals surface area contributed by atoms with E-state index in [-0.39, 0.29) is 10.6 Å². The number of hydrogen-bond acceptors (Lipinski definition) is 4. The van der Waals surface area contributed by atoms with Crippen LogP contribution in [0.3, 0.4) is 0 Å². The highest BCUT2D eigenvalue weighted by molar-refractivity contribution is 7.12. The second-order valence-electron chi connectivity index (χ2n) is 3.13. The van der Waals surface area contributed by atoms with Crippen molar-refractivity contribution in [1.82, 2.24) is 5.32 Å². The quantitative estimate of drug-likeness (QED) is 0.858. The summed E-state index contributed by atoms with van der Waals surface area (Å²) in [6, 6.07) is 1.18. The van der Waals surface area contributed by atoms with E-state index >= 15 is 0 Å². The second-order valence-corrected chi connectivity index (χ2v) is 4.04. The molecule has 0 aliphatic rings. The fourth-order valence-electron chi connectivity index (χ4n) is 0.905. The minimum Gasteiger partial charge on any atom is -0.483 e. The van der Waals surface area contributed by atoms with Gasteiger partial charge in [0.2, 0.25) is 0 Å². The summed E-state index contributed by atoms with van der Waals surface area (Å²) in [4.78, 5) is 21.5. The highest BCUT2D eigenvalue weighted by Gasteiger charge is 2.27. The minimum atomic E-state index is -4.48. The van der Waals surface area contributed by atoms with Crippen molar-refractivity contribution in [3.05, 3.63) is 16.3 Å². The smallest absolute Gasteiger partial charge is 0.405 e. The Morgan fingerprint density at radius 2 is 2.11 bits per heavy atom. The van der Waals surface area contributed by atoms with Gasteiger partial charge in [-0.3, -0.25) is 4.79 Å². The Morgan fingerprint density at radius 3 is 2.61 bits per heavy atom. The Kier molecular flexibility index (Phi) is 4.54. The molecule has 1 amide bonds. The van der Waals surface area contributed by atoms with Crippen molar-refractivity contribution in [3.8, 4) is 5.75 Å². The topological polar surface area (TPSA) is 75.6 Å². The van der Waals surface area contributed by atoms with Gasteiger partial charge in [-0.1, -0.05) is 0 Å². The number of alkyl halides is 3. The molecule has 0 aromatic carbocycles. The molecule has 0 fully saturated rings. The third-order valence-electron chi connectivity index (χ3n) is 1.64. The van der Waals surface area contributed by atoms with Crippen molar-refractivity contribution in [1.29, 1.82) is 0 Å². The molecule has 0 aliphatic heterocycles. The summed E-state index contributed by atoms with van der Waals surface area (Å²) in [6.07, 6.45) is -4.48. The van der Waals surface area contributed by atoms with Crippen molar-refractivity contribution in [3.63, 3.8) is 0 Å². The lowest BCUT2D eigenvalue weighted by atomic mass is 10.4. The highest BCUT2D eigenvalue weighted by Crippen LogP contribution is 2.21. The summed E-state index contributed by atoms with van der Waals surface area (Å²) in [5.41, 5.74) is 0. The normalized spacial score (nSPS) is 11.1. The van der Waals surface area contributed by atoms with Gasteiger partial charge in [-0.2, -0.15) is 13.2 Å². The van der Waals surface area contributed by atoms with E-state index in [2.05, 4.69) is 0 Å². The molecule has 0 spiro atoms. The van der Waals surface area contributed by atoms with E-state index < -0.39 is 31.2 Å². The van der Waals surface area contributed by atoms with Crippen molar-refractivity contribution < 1.29 is 32.6 Å². The molecule has 9 heteroatoms. The third-order valence-corrected chi connectivity index (χ3v) is 2.54. The molecule has 18 heavy (non-hydrogen) atoms. The number of halogens is 3. The Bertz CT molecular complexity index is 443. The molecule has 0 saturated heterocycles. The van der Waals surface area contributed by atoms with E-state index in [0.717, 1.165) is 11.3 Å². The molecule has 0 aliphatic carbocycles. The largest absolute Gasteiger partial charge is 0.483 e. The summed E-state index contributed by atoms with van der Waals surface area (Å²) in [5, 5.41) is 11.6. The van der Waals surface area contributed by atoms with Gasteiger partial charge in [0.1, 0.15) is 17.2 Å². The first-order chi connectivity index (χ1) is 8.28. The number of rotatable bonds is 5. The van der Waals surface area contributed by atoms with Crippen LogP contribution < -0.4 is 10.1 Å². The Labute approximate surface area is 103 Å². The van der Waals surface area contributed by atoms with Crippen molar-refractivity contribution in [2.45, 2.75) is 6.18 Å². The number of carbonyl (C=O) groups is 2. The zero-order valence-corrected chi connectivity index (χ0v) is 9.60. The predicted octanol–water partition coefficient (Wildman–Crippen LogP) is 1.50. The lowest BCUT2D eigenvalue weighted by Crippen LogP contribution is -2.36. The molecular weight excluding hydrogens is 275 g/mol. The lowest BCUT2D eigenvalue weighted by Gasteiger charge is -2.08. The zero-order valence-electron chi connectivity index (χ0n) is 8.78. The molecule has 0 atom stereocenters. The van der Waals surface area contributed by atoms with Crippen LogP contribution in [-0.2, 0) is 4.79 Å². The van der Waals surface area contributed by atoms with Crippen molar-refractivity contribution in [2.24, 2.45) is 0 Å². The number of nitrogens with one attached hydrogen (secondary N) is 1. The summed E-state index contributed by atoms with van der Waals surface area (Å²) < 4.78 is 40.1. The number of carbonyl (C=O) groups excluding carboxylic acids is 1. The first-order valence-electron chi connectivity index (χ1n) is 4.56. The number of carboxylic acid groups (broad SMARTS) is 1. The standard InChI is InChI=1S/C9H8F3NO4S/c10-9(11,12)4-13-7(14)2-17-5-1-6(8(15)16)18-3-5/h1,3H,2,4H2,(H,13,14)(H,15,16). The fraction of sp³-hybridized carbons (Fsp3) is 0.333. The van der Waals surface area contributed by atoms with Gasteiger partial charge < -0.3 is 15.2 Å². The van der Waals surface area contributed by atoms with Gasteiger partial charge >= 0.3 is 12.1 Å². The second kappa shape index (κ2) is 5.71. The number of thiophene rings is 1. The molecule has 5 nitrogen and oxygen atoms in total. The van der Waals surface area contributed by atoms with E-state index in [9.17, 15) is 22.8 Å². The van der Waals surface area contributed by atoms with Crippen LogP contribution in [-0.4, -0.2) is 36.3 Å². The maximum absolute atomic E-state index is 11.8. The molecule has 100 valence electrons. The number of ether oxygens (including phenoxy) is 1. The van der Waals surface area contributed by atoms with Gasteiger partial charge in [-0.15, -0.1) is 11.3 Å². The van der Waals surface area contributed by atoms with Gasteiger partial charge in [0.25, 0.3) is 5.91 Å². The van der Waals surface area contributed by atoms with Crippen LogP contribution in [0.25, 0.3) is 0 Å².